The summed E-state index contributed by atoms with van der Waals surface area (Å²) >= 11 is 1.56. The molecular weight excluding hydrogens is 380 g/mol. The Morgan fingerprint density at radius 2 is 1.70 bits per heavy atom. The second-order valence-corrected chi connectivity index (χ2v) is 8.47. The summed E-state index contributed by atoms with van der Waals surface area (Å²) in [7, 11) is -3.47. The van der Waals surface area contributed by atoms with E-state index in [1.807, 2.05) is 44.4 Å². The van der Waals surface area contributed by atoms with E-state index >= 15 is 0 Å². The van der Waals surface area contributed by atoms with E-state index in [-0.39, 0.29) is 10.8 Å². The van der Waals surface area contributed by atoms with Crippen LogP contribution in [-0.4, -0.2) is 38.0 Å². The summed E-state index contributed by atoms with van der Waals surface area (Å²) in [6.07, 6.45) is 5.05. The zero-order chi connectivity index (χ0) is 19.9. The number of hydrogen-bond acceptors (Lipinski definition) is 4. The van der Waals surface area contributed by atoms with Gasteiger partial charge in [0.1, 0.15) is 0 Å². The normalized spacial score (nSPS) is 11.9. The predicted molar refractivity (Wildman–Crippen MR) is 112 cm³/mol. The number of benzene rings is 2. The van der Waals surface area contributed by atoms with E-state index < -0.39 is 10.0 Å². The summed E-state index contributed by atoms with van der Waals surface area (Å²) in [5.41, 5.74) is 1.52. The lowest BCUT2D eigenvalue weighted by Gasteiger charge is -2.18. The van der Waals surface area contributed by atoms with Gasteiger partial charge in [0.05, 0.1) is 10.6 Å². The van der Waals surface area contributed by atoms with Crippen LogP contribution in [0.25, 0.3) is 6.08 Å². The summed E-state index contributed by atoms with van der Waals surface area (Å²) in [6, 6.07) is 14.1. The molecule has 0 aromatic heterocycles. The molecule has 2 rings (SSSR count). The molecule has 0 saturated heterocycles. The second kappa shape index (κ2) is 9.73. The highest BCUT2D eigenvalue weighted by atomic mass is 32.2. The van der Waals surface area contributed by atoms with E-state index in [4.69, 9.17) is 0 Å². The molecule has 0 unspecified atom stereocenters. The van der Waals surface area contributed by atoms with Gasteiger partial charge in [-0.1, -0.05) is 38.1 Å². The zero-order valence-corrected chi connectivity index (χ0v) is 17.3. The number of anilines is 1. The van der Waals surface area contributed by atoms with Gasteiger partial charge in [0.15, 0.2) is 0 Å². The summed E-state index contributed by atoms with van der Waals surface area (Å²) < 4.78 is 26.4. The number of carbonyl (C=O) groups is 1. The van der Waals surface area contributed by atoms with E-state index in [1.54, 1.807) is 42.1 Å². The molecule has 7 heteroatoms. The number of thioether (sulfide) groups is 1. The number of hydrogen-bond donors (Lipinski definition) is 1. The molecule has 0 atom stereocenters. The molecule has 0 aliphatic heterocycles. The maximum absolute atomic E-state index is 12.5. The van der Waals surface area contributed by atoms with Crippen molar-refractivity contribution in [2.24, 2.45) is 0 Å². The first-order chi connectivity index (χ1) is 12.9. The standard InChI is InChI=1S/C20H24N2O3S2/c1-4-22(5-2)27(24,25)17-13-10-16(11-14-17)12-15-20(23)21-18-8-6-7-9-19(18)26-3/h6-15H,4-5H2,1-3H3,(H,21,23)/b15-12+. The highest BCUT2D eigenvalue weighted by molar-refractivity contribution is 7.98. The van der Waals surface area contributed by atoms with E-state index in [9.17, 15) is 13.2 Å². The van der Waals surface area contributed by atoms with Gasteiger partial charge in [-0.3, -0.25) is 4.79 Å². The Balaban J connectivity index is 2.08. The summed E-state index contributed by atoms with van der Waals surface area (Å²) in [5, 5.41) is 2.85. The first-order valence-corrected chi connectivity index (χ1v) is 11.3. The van der Waals surface area contributed by atoms with E-state index in [0.29, 0.717) is 13.1 Å². The van der Waals surface area contributed by atoms with Crippen LogP contribution < -0.4 is 5.32 Å². The van der Waals surface area contributed by atoms with Crippen LogP contribution in [-0.2, 0) is 14.8 Å². The number of carbonyl (C=O) groups excluding carboxylic acids is 1. The molecule has 1 amide bonds. The molecule has 5 nitrogen and oxygen atoms in total. The SMILES string of the molecule is CCN(CC)S(=O)(=O)c1ccc(/C=C/C(=O)Nc2ccccc2SC)cc1. The van der Waals surface area contributed by atoms with Crippen LogP contribution in [0, 0.1) is 0 Å². The molecule has 27 heavy (non-hydrogen) atoms. The maximum atomic E-state index is 12.5. The molecule has 2 aromatic rings. The van der Waals surface area contributed by atoms with E-state index in [1.165, 1.54) is 10.4 Å². The van der Waals surface area contributed by atoms with Crippen molar-refractivity contribution >= 4 is 39.5 Å². The summed E-state index contributed by atoms with van der Waals surface area (Å²) in [6.45, 7) is 4.48. The molecule has 0 spiro atoms. The Morgan fingerprint density at radius 3 is 2.30 bits per heavy atom. The largest absolute Gasteiger partial charge is 0.321 e. The second-order valence-electron chi connectivity index (χ2n) is 5.68. The third-order valence-electron chi connectivity index (χ3n) is 4.02. The number of sulfonamides is 1. The Labute approximate surface area is 165 Å². The van der Waals surface area contributed by atoms with Gasteiger partial charge in [0.25, 0.3) is 0 Å². The molecule has 0 aliphatic carbocycles. The molecule has 0 saturated carbocycles. The van der Waals surface area contributed by atoms with Crippen molar-refractivity contribution in [3.63, 3.8) is 0 Å². The molecule has 0 bridgehead atoms. The molecule has 2 aromatic carbocycles. The average molecular weight is 405 g/mol. The molecule has 0 radical (unpaired) electrons. The minimum absolute atomic E-state index is 0.240. The summed E-state index contributed by atoms with van der Waals surface area (Å²) in [5.74, 6) is -0.240. The Hall–Kier alpha value is -2.09. The monoisotopic (exact) mass is 404 g/mol. The van der Waals surface area contributed by atoms with Crippen LogP contribution in [0.2, 0.25) is 0 Å². The average Bonchev–Trinajstić information content (AvgIpc) is 2.68. The Bertz CT molecular complexity index is 903. The smallest absolute Gasteiger partial charge is 0.248 e. The van der Waals surface area contributed by atoms with Crippen LogP contribution in [0.15, 0.2) is 64.4 Å². The van der Waals surface area contributed by atoms with Gasteiger partial charge < -0.3 is 5.32 Å². The van der Waals surface area contributed by atoms with Gasteiger partial charge in [0, 0.05) is 24.1 Å². The lowest BCUT2D eigenvalue weighted by atomic mass is 10.2. The van der Waals surface area contributed by atoms with E-state index in [0.717, 1.165) is 16.1 Å². The quantitative estimate of drug-likeness (QED) is 0.532. The number of amides is 1. The minimum Gasteiger partial charge on any atom is -0.321 e. The number of nitrogens with one attached hydrogen (secondary N) is 1. The zero-order valence-electron chi connectivity index (χ0n) is 15.7. The van der Waals surface area contributed by atoms with Crippen molar-refractivity contribution in [3.8, 4) is 0 Å². The van der Waals surface area contributed by atoms with Gasteiger partial charge in [-0.2, -0.15) is 4.31 Å². The lowest BCUT2D eigenvalue weighted by molar-refractivity contribution is -0.111. The predicted octanol–water partition coefficient (Wildman–Crippen LogP) is 4.09. The van der Waals surface area contributed by atoms with Crippen molar-refractivity contribution in [1.82, 2.24) is 4.31 Å². The van der Waals surface area contributed by atoms with Crippen molar-refractivity contribution in [3.05, 3.63) is 60.2 Å². The first kappa shape index (κ1) is 21.2. The van der Waals surface area contributed by atoms with Crippen molar-refractivity contribution in [2.45, 2.75) is 23.6 Å². The fourth-order valence-electron chi connectivity index (χ4n) is 2.56. The van der Waals surface area contributed by atoms with Gasteiger partial charge in [-0.25, -0.2) is 8.42 Å². The van der Waals surface area contributed by atoms with Gasteiger partial charge in [-0.15, -0.1) is 11.8 Å². The topological polar surface area (TPSA) is 66.5 Å². The highest BCUT2D eigenvalue weighted by Gasteiger charge is 2.20. The van der Waals surface area contributed by atoms with Crippen LogP contribution in [0.5, 0.6) is 0 Å². The van der Waals surface area contributed by atoms with Gasteiger partial charge in [0.2, 0.25) is 15.9 Å². The Kier molecular flexibility index (Phi) is 7.65. The van der Waals surface area contributed by atoms with Crippen LogP contribution in [0.3, 0.4) is 0 Å². The molecule has 0 fully saturated rings. The maximum Gasteiger partial charge on any atom is 0.248 e. The van der Waals surface area contributed by atoms with Crippen molar-refractivity contribution < 1.29 is 13.2 Å². The molecule has 0 aliphatic rings. The number of rotatable bonds is 8. The van der Waals surface area contributed by atoms with Crippen molar-refractivity contribution in [2.75, 3.05) is 24.7 Å². The van der Waals surface area contributed by atoms with Gasteiger partial charge in [-0.05, 0) is 42.2 Å². The highest BCUT2D eigenvalue weighted by Crippen LogP contribution is 2.24. The fourth-order valence-corrected chi connectivity index (χ4v) is 4.57. The Morgan fingerprint density at radius 1 is 1.07 bits per heavy atom. The molecular formula is C20H24N2O3S2. The van der Waals surface area contributed by atoms with Crippen LogP contribution >= 0.6 is 11.8 Å². The van der Waals surface area contributed by atoms with Gasteiger partial charge >= 0.3 is 0 Å². The first-order valence-electron chi connectivity index (χ1n) is 8.64. The number of nitrogens with zero attached hydrogens (tertiary/aromatic N) is 1. The van der Waals surface area contributed by atoms with Crippen LogP contribution in [0.4, 0.5) is 5.69 Å². The fraction of sp³-hybridized carbons (Fsp3) is 0.250. The molecule has 0 heterocycles. The van der Waals surface area contributed by atoms with Crippen LogP contribution in [0.1, 0.15) is 19.4 Å². The van der Waals surface area contributed by atoms with E-state index in [2.05, 4.69) is 5.32 Å². The third-order valence-corrected chi connectivity index (χ3v) is 6.88. The van der Waals surface area contributed by atoms with Crippen molar-refractivity contribution in [1.29, 1.82) is 0 Å². The number of para-hydroxylation sites is 1. The molecule has 1 N–H and O–H groups in total. The third kappa shape index (κ3) is 5.45. The summed E-state index contributed by atoms with van der Waals surface area (Å²) in [4.78, 5) is 13.4. The minimum atomic E-state index is -3.47. The molecule has 144 valence electrons. The lowest BCUT2D eigenvalue weighted by Crippen LogP contribution is -2.30.